The second kappa shape index (κ2) is 9.09. The van der Waals surface area contributed by atoms with Gasteiger partial charge in [0.25, 0.3) is 0 Å². The number of aryl methyl sites for hydroxylation is 1. The minimum Gasteiger partial charge on any atom is -0.406 e. The summed E-state index contributed by atoms with van der Waals surface area (Å²) in [6.45, 7) is 2.09. The minimum atomic E-state index is -4.74. The largest absolute Gasteiger partial charge is 0.573 e. The van der Waals surface area contributed by atoms with E-state index >= 15 is 0 Å². The number of rotatable bonds is 8. The highest BCUT2D eigenvalue weighted by atomic mass is 32.2. The number of ether oxygens (including phenoxy) is 1. The van der Waals surface area contributed by atoms with E-state index in [-0.39, 0.29) is 29.4 Å². The fourth-order valence-electron chi connectivity index (χ4n) is 2.38. The molecule has 0 aliphatic carbocycles. The van der Waals surface area contributed by atoms with Gasteiger partial charge in [-0.05, 0) is 43.2 Å². The first-order chi connectivity index (χ1) is 13.0. The molecule has 0 unspecified atom stereocenters. The smallest absolute Gasteiger partial charge is 0.406 e. The Bertz CT molecular complexity index is 892. The molecule has 2 aromatic carbocycles. The standard InChI is InChI=1S/C19H20F3NO4S/c1-14-2-8-17(9-3-14)28(25,26)13-11-18(24)23-12-10-15-4-6-16(7-5-15)27-19(20,21)22/h2-9H,10-13H2,1H3,(H,23,24). The lowest BCUT2D eigenvalue weighted by Crippen LogP contribution is -2.27. The van der Waals surface area contributed by atoms with Crippen LogP contribution in [0.3, 0.4) is 0 Å². The number of hydrogen-bond donors (Lipinski definition) is 1. The summed E-state index contributed by atoms with van der Waals surface area (Å²) >= 11 is 0. The molecule has 152 valence electrons. The summed E-state index contributed by atoms with van der Waals surface area (Å²) in [5, 5.41) is 2.60. The summed E-state index contributed by atoms with van der Waals surface area (Å²) in [6, 6.07) is 11.7. The Morgan fingerprint density at radius 3 is 2.21 bits per heavy atom. The van der Waals surface area contributed by atoms with Crippen LogP contribution in [0.25, 0.3) is 0 Å². The van der Waals surface area contributed by atoms with Crippen molar-refractivity contribution in [2.75, 3.05) is 12.3 Å². The lowest BCUT2D eigenvalue weighted by atomic mass is 10.1. The van der Waals surface area contributed by atoms with Gasteiger partial charge in [0.1, 0.15) is 5.75 Å². The van der Waals surface area contributed by atoms with E-state index in [1.54, 1.807) is 12.1 Å². The second-order valence-electron chi connectivity index (χ2n) is 6.17. The monoisotopic (exact) mass is 415 g/mol. The van der Waals surface area contributed by atoms with Crippen LogP contribution < -0.4 is 10.1 Å². The summed E-state index contributed by atoms with van der Waals surface area (Å²) < 4.78 is 64.5. The maximum absolute atomic E-state index is 12.2. The molecule has 0 spiro atoms. The van der Waals surface area contributed by atoms with Gasteiger partial charge in [-0.25, -0.2) is 8.42 Å². The van der Waals surface area contributed by atoms with Crippen LogP contribution in [0.4, 0.5) is 13.2 Å². The highest BCUT2D eigenvalue weighted by Gasteiger charge is 2.30. The number of carbonyl (C=O) groups excluding carboxylic acids is 1. The Morgan fingerprint density at radius 2 is 1.64 bits per heavy atom. The van der Waals surface area contributed by atoms with Crippen LogP contribution in [0.1, 0.15) is 17.5 Å². The van der Waals surface area contributed by atoms with Gasteiger partial charge in [-0.2, -0.15) is 0 Å². The van der Waals surface area contributed by atoms with Crippen molar-refractivity contribution >= 4 is 15.7 Å². The molecule has 0 saturated carbocycles. The number of alkyl halides is 3. The Kier molecular flexibility index (Phi) is 7.06. The van der Waals surface area contributed by atoms with E-state index in [1.807, 2.05) is 6.92 Å². The van der Waals surface area contributed by atoms with Gasteiger partial charge in [0.15, 0.2) is 9.84 Å². The summed E-state index contributed by atoms with van der Waals surface area (Å²) in [5.41, 5.74) is 1.65. The zero-order valence-corrected chi connectivity index (χ0v) is 15.9. The summed E-state index contributed by atoms with van der Waals surface area (Å²) in [7, 11) is -3.54. The molecule has 0 aliphatic rings. The predicted molar refractivity (Wildman–Crippen MR) is 97.7 cm³/mol. The molecule has 0 bridgehead atoms. The molecule has 0 heterocycles. The SMILES string of the molecule is Cc1ccc(S(=O)(=O)CCC(=O)NCCc2ccc(OC(F)(F)F)cc2)cc1. The molecule has 9 heteroatoms. The third-order valence-corrected chi connectivity index (χ3v) is 5.60. The Morgan fingerprint density at radius 1 is 1.04 bits per heavy atom. The van der Waals surface area contributed by atoms with Crippen molar-refractivity contribution in [1.29, 1.82) is 0 Å². The molecule has 0 aliphatic heterocycles. The van der Waals surface area contributed by atoms with Crippen molar-refractivity contribution < 1.29 is 31.1 Å². The zero-order valence-electron chi connectivity index (χ0n) is 15.1. The first-order valence-electron chi connectivity index (χ1n) is 8.46. The molecule has 1 amide bonds. The fraction of sp³-hybridized carbons (Fsp3) is 0.316. The van der Waals surface area contributed by atoms with Crippen LogP contribution in [0.5, 0.6) is 5.75 Å². The lowest BCUT2D eigenvalue weighted by Gasteiger charge is -2.10. The number of amides is 1. The predicted octanol–water partition coefficient (Wildman–Crippen LogP) is 3.42. The van der Waals surface area contributed by atoms with Crippen molar-refractivity contribution in [3.8, 4) is 5.75 Å². The lowest BCUT2D eigenvalue weighted by molar-refractivity contribution is -0.274. The van der Waals surface area contributed by atoms with Gasteiger partial charge in [-0.15, -0.1) is 13.2 Å². The molecule has 1 N–H and O–H groups in total. The Labute approximate surface area is 161 Å². The van der Waals surface area contributed by atoms with E-state index in [0.717, 1.165) is 5.56 Å². The van der Waals surface area contributed by atoms with Crippen LogP contribution in [0.15, 0.2) is 53.4 Å². The van der Waals surface area contributed by atoms with Crippen molar-refractivity contribution in [1.82, 2.24) is 5.32 Å². The maximum atomic E-state index is 12.2. The van der Waals surface area contributed by atoms with Crippen LogP contribution >= 0.6 is 0 Å². The van der Waals surface area contributed by atoms with E-state index in [2.05, 4.69) is 10.1 Å². The molecule has 5 nitrogen and oxygen atoms in total. The van der Waals surface area contributed by atoms with E-state index in [4.69, 9.17) is 0 Å². The summed E-state index contributed by atoms with van der Waals surface area (Å²) in [4.78, 5) is 12.0. The number of benzene rings is 2. The summed E-state index contributed by atoms with van der Waals surface area (Å²) in [6.07, 6.45) is -4.52. The van der Waals surface area contributed by atoms with Crippen molar-refractivity contribution in [3.05, 3.63) is 59.7 Å². The number of nitrogens with one attached hydrogen (secondary N) is 1. The molecule has 0 aromatic heterocycles. The number of sulfone groups is 1. The van der Waals surface area contributed by atoms with Crippen molar-refractivity contribution in [2.45, 2.75) is 31.0 Å². The third kappa shape index (κ3) is 7.22. The van der Waals surface area contributed by atoms with Gasteiger partial charge in [0, 0.05) is 13.0 Å². The highest BCUT2D eigenvalue weighted by molar-refractivity contribution is 7.91. The normalized spacial score (nSPS) is 11.9. The Hall–Kier alpha value is -2.55. The average molecular weight is 415 g/mol. The molecule has 2 aromatic rings. The molecule has 0 radical (unpaired) electrons. The minimum absolute atomic E-state index is 0.172. The number of carbonyl (C=O) groups is 1. The van der Waals surface area contributed by atoms with Gasteiger partial charge in [0.2, 0.25) is 5.91 Å². The zero-order chi connectivity index (χ0) is 20.8. The van der Waals surface area contributed by atoms with Crippen LogP contribution in [0.2, 0.25) is 0 Å². The maximum Gasteiger partial charge on any atom is 0.573 e. The van der Waals surface area contributed by atoms with Crippen LogP contribution in [-0.4, -0.2) is 33.0 Å². The fourth-order valence-corrected chi connectivity index (χ4v) is 3.62. The van der Waals surface area contributed by atoms with Crippen LogP contribution in [0, 0.1) is 6.92 Å². The van der Waals surface area contributed by atoms with Crippen LogP contribution in [-0.2, 0) is 21.1 Å². The molecular weight excluding hydrogens is 395 g/mol. The first-order valence-corrected chi connectivity index (χ1v) is 10.1. The topological polar surface area (TPSA) is 72.5 Å². The molecular formula is C19H20F3NO4S. The van der Waals surface area contributed by atoms with Gasteiger partial charge in [-0.3, -0.25) is 4.79 Å². The third-order valence-electron chi connectivity index (χ3n) is 3.87. The van der Waals surface area contributed by atoms with Crippen molar-refractivity contribution in [2.24, 2.45) is 0 Å². The number of halogens is 3. The highest BCUT2D eigenvalue weighted by Crippen LogP contribution is 2.22. The number of hydrogen-bond acceptors (Lipinski definition) is 4. The molecule has 0 atom stereocenters. The Balaban J connectivity index is 1.76. The van der Waals surface area contributed by atoms with E-state index in [1.165, 1.54) is 36.4 Å². The van der Waals surface area contributed by atoms with Gasteiger partial charge < -0.3 is 10.1 Å². The van der Waals surface area contributed by atoms with Gasteiger partial charge in [-0.1, -0.05) is 29.8 Å². The quantitative estimate of drug-likeness (QED) is 0.717. The van der Waals surface area contributed by atoms with E-state index in [9.17, 15) is 26.4 Å². The molecule has 28 heavy (non-hydrogen) atoms. The van der Waals surface area contributed by atoms with Crippen molar-refractivity contribution in [3.63, 3.8) is 0 Å². The van der Waals surface area contributed by atoms with Gasteiger partial charge >= 0.3 is 6.36 Å². The average Bonchev–Trinajstić information content (AvgIpc) is 2.61. The molecule has 0 fully saturated rings. The summed E-state index contributed by atoms with van der Waals surface area (Å²) in [5.74, 6) is -1.03. The first kappa shape index (κ1) is 21.7. The second-order valence-corrected chi connectivity index (χ2v) is 8.28. The van der Waals surface area contributed by atoms with E-state index < -0.39 is 22.1 Å². The van der Waals surface area contributed by atoms with E-state index in [0.29, 0.717) is 12.0 Å². The molecule has 2 rings (SSSR count). The van der Waals surface area contributed by atoms with Gasteiger partial charge in [0.05, 0.1) is 10.6 Å². The molecule has 0 saturated heterocycles.